The fraction of sp³-hybridized carbons (Fsp3) is 0.143. The van der Waals surface area contributed by atoms with Crippen LogP contribution in [0.15, 0.2) is 109 Å². The Morgan fingerprint density at radius 2 is 1.04 bits per heavy atom. The minimum Gasteiger partial charge on any atom is -0.506 e. The average molecular weight is 633 g/mol. The van der Waals surface area contributed by atoms with Crippen molar-refractivity contribution >= 4 is 34.0 Å². The largest absolute Gasteiger partial charge is 0.506 e. The highest BCUT2D eigenvalue weighted by atomic mass is 16.5. The maximum absolute atomic E-state index is 11.5. The highest BCUT2D eigenvalue weighted by Gasteiger charge is 2.12. The van der Waals surface area contributed by atoms with Gasteiger partial charge >= 0.3 is 11.9 Å². The number of aromatic nitrogens is 6. The number of benzene rings is 4. The summed E-state index contributed by atoms with van der Waals surface area (Å²) in [6.45, 7) is 10.6. The highest BCUT2D eigenvalue weighted by molar-refractivity contribution is 5.87. The van der Waals surface area contributed by atoms with E-state index in [-0.39, 0.29) is 24.7 Å². The summed E-state index contributed by atoms with van der Waals surface area (Å²) >= 11 is 0. The molecule has 0 saturated heterocycles. The van der Waals surface area contributed by atoms with Crippen molar-refractivity contribution < 1.29 is 29.3 Å². The van der Waals surface area contributed by atoms with E-state index in [1.807, 2.05) is 48.5 Å². The molecule has 6 rings (SSSR count). The summed E-state index contributed by atoms with van der Waals surface area (Å²) in [7, 11) is 0. The van der Waals surface area contributed by atoms with Gasteiger partial charge in [0.2, 0.25) is 0 Å². The number of esters is 2. The number of ether oxygens (including phenoxy) is 2. The zero-order chi connectivity index (χ0) is 33.5. The minimum atomic E-state index is -0.456. The molecule has 0 aliphatic heterocycles. The molecule has 2 aromatic heterocycles. The van der Waals surface area contributed by atoms with E-state index in [4.69, 9.17) is 9.47 Å². The van der Waals surface area contributed by atoms with Crippen LogP contribution in [-0.2, 0) is 32.1 Å². The molecule has 0 spiro atoms. The molecule has 0 radical (unpaired) electrons. The van der Waals surface area contributed by atoms with Gasteiger partial charge in [-0.3, -0.25) is 0 Å². The van der Waals surface area contributed by atoms with Crippen LogP contribution in [0.5, 0.6) is 11.5 Å². The first-order valence-corrected chi connectivity index (χ1v) is 14.5. The number of hydrogen-bond donors (Lipinski definition) is 2. The van der Waals surface area contributed by atoms with Crippen molar-refractivity contribution in [3.05, 3.63) is 120 Å². The molecule has 238 valence electrons. The molecular weight excluding hydrogens is 600 g/mol. The second kappa shape index (κ2) is 14.2. The molecule has 2 N–H and O–H groups in total. The lowest BCUT2D eigenvalue weighted by molar-refractivity contribution is -0.140. The average Bonchev–Trinajstić information content (AvgIpc) is 3.69. The van der Waals surface area contributed by atoms with Crippen molar-refractivity contribution in [3.8, 4) is 22.9 Å². The molecule has 47 heavy (non-hydrogen) atoms. The van der Waals surface area contributed by atoms with Gasteiger partial charge in [0.05, 0.1) is 6.61 Å². The van der Waals surface area contributed by atoms with Gasteiger partial charge in [-0.25, -0.2) is 9.59 Å². The van der Waals surface area contributed by atoms with Crippen LogP contribution in [0.3, 0.4) is 0 Å². The van der Waals surface area contributed by atoms with Crippen LogP contribution < -0.4 is 0 Å². The number of rotatable bonds is 9. The zero-order valence-electron chi connectivity index (χ0n) is 25.8. The third kappa shape index (κ3) is 7.87. The van der Waals surface area contributed by atoms with Crippen LogP contribution in [0.4, 0.5) is 0 Å². The summed E-state index contributed by atoms with van der Waals surface area (Å²) in [5.74, 6) is -0.741. The summed E-state index contributed by atoms with van der Waals surface area (Å²) < 4.78 is 10.2. The number of nitrogens with zero attached hydrogens (tertiary/aromatic N) is 6. The van der Waals surface area contributed by atoms with Gasteiger partial charge in [-0.2, -0.15) is 0 Å². The number of fused-ring (bicyclic) bond motifs is 2. The Labute approximate surface area is 269 Å². The third-order valence-electron chi connectivity index (χ3n) is 6.77. The van der Waals surface area contributed by atoms with Crippen molar-refractivity contribution in [2.24, 2.45) is 0 Å². The monoisotopic (exact) mass is 632 g/mol. The third-order valence-corrected chi connectivity index (χ3v) is 6.77. The Morgan fingerprint density at radius 1 is 0.638 bits per heavy atom. The predicted molar refractivity (Wildman–Crippen MR) is 175 cm³/mol. The van der Waals surface area contributed by atoms with E-state index >= 15 is 0 Å². The smallest absolute Gasteiger partial charge is 0.333 e. The van der Waals surface area contributed by atoms with Gasteiger partial charge in [-0.15, -0.1) is 30.0 Å². The first-order chi connectivity index (χ1) is 22.6. The van der Waals surface area contributed by atoms with Gasteiger partial charge in [0.1, 0.15) is 51.5 Å². The number of aromatic hydroxyl groups is 2. The molecule has 0 aliphatic carbocycles. The predicted octanol–water partition coefficient (Wildman–Crippen LogP) is 5.53. The standard InChI is InChI=1S/C18H17N3O3.C17H15N3O3/c1-12(2)18(23)24-10-9-13-7-8-17(22)16(11-13)21-19-14-5-3-4-6-15(14)20-21;1-11(2)17(22)23-10-12-7-8-16(21)15(9-12)20-18-13-5-3-4-6-14(13)19-20/h3-8,11,22H,1,9-10H2,2H3;3-9,21H,1,10H2,2H3. The Bertz CT molecular complexity index is 2050. The fourth-order valence-electron chi connectivity index (χ4n) is 4.30. The summed E-state index contributed by atoms with van der Waals surface area (Å²) in [6.07, 6.45) is 0.521. The van der Waals surface area contributed by atoms with Gasteiger partial charge < -0.3 is 19.7 Å². The molecule has 0 unspecified atom stereocenters. The lowest BCUT2D eigenvalue weighted by Gasteiger charge is -2.08. The van der Waals surface area contributed by atoms with Gasteiger partial charge in [0.15, 0.2) is 0 Å². The number of carbonyl (C=O) groups excluding carboxylic acids is 2. The van der Waals surface area contributed by atoms with Gasteiger partial charge in [-0.05, 0) is 73.5 Å². The van der Waals surface area contributed by atoms with Crippen molar-refractivity contribution in [2.45, 2.75) is 26.9 Å². The lowest BCUT2D eigenvalue weighted by Crippen LogP contribution is -2.08. The maximum Gasteiger partial charge on any atom is 0.333 e. The molecule has 6 aromatic rings. The van der Waals surface area contributed by atoms with Crippen LogP contribution >= 0.6 is 0 Å². The van der Waals surface area contributed by atoms with Crippen molar-refractivity contribution in [3.63, 3.8) is 0 Å². The number of phenolic OH excluding ortho intramolecular Hbond substituents is 2. The van der Waals surface area contributed by atoms with E-state index < -0.39 is 11.9 Å². The molecule has 12 heteroatoms. The molecule has 0 atom stereocenters. The second-order valence-electron chi connectivity index (χ2n) is 10.6. The molecule has 0 amide bonds. The lowest BCUT2D eigenvalue weighted by atomic mass is 10.1. The molecule has 0 aliphatic rings. The molecule has 2 heterocycles. The van der Waals surface area contributed by atoms with Crippen LogP contribution in [0.2, 0.25) is 0 Å². The van der Waals surface area contributed by atoms with E-state index in [0.29, 0.717) is 34.5 Å². The second-order valence-corrected chi connectivity index (χ2v) is 10.6. The Hall–Kier alpha value is -6.30. The number of carbonyl (C=O) groups is 2. The van der Waals surface area contributed by atoms with E-state index in [1.165, 1.54) is 15.7 Å². The first-order valence-electron chi connectivity index (χ1n) is 14.5. The van der Waals surface area contributed by atoms with Crippen LogP contribution in [-0.4, -0.2) is 58.7 Å². The Kier molecular flexibility index (Phi) is 9.70. The van der Waals surface area contributed by atoms with E-state index in [9.17, 15) is 19.8 Å². The molecule has 12 nitrogen and oxygen atoms in total. The van der Waals surface area contributed by atoms with Gasteiger partial charge in [-0.1, -0.05) is 49.6 Å². The molecule has 0 fully saturated rings. The molecule has 4 aromatic carbocycles. The van der Waals surface area contributed by atoms with E-state index in [0.717, 1.165) is 27.6 Å². The van der Waals surface area contributed by atoms with Gasteiger partial charge in [0, 0.05) is 17.6 Å². The number of phenols is 2. The van der Waals surface area contributed by atoms with E-state index in [2.05, 4.69) is 33.6 Å². The summed E-state index contributed by atoms with van der Waals surface area (Å²) in [5.41, 5.74) is 6.18. The van der Waals surface area contributed by atoms with Crippen LogP contribution in [0, 0.1) is 0 Å². The Morgan fingerprint density at radius 3 is 1.49 bits per heavy atom. The molecule has 0 bridgehead atoms. The van der Waals surface area contributed by atoms with Crippen molar-refractivity contribution in [1.82, 2.24) is 30.0 Å². The quantitative estimate of drug-likeness (QED) is 0.154. The number of hydrogen-bond acceptors (Lipinski definition) is 10. The van der Waals surface area contributed by atoms with Crippen LogP contribution in [0.1, 0.15) is 25.0 Å². The first kappa shape index (κ1) is 32.1. The van der Waals surface area contributed by atoms with Gasteiger partial charge in [0.25, 0.3) is 0 Å². The minimum absolute atomic E-state index is 0.0419. The normalized spacial score (nSPS) is 10.7. The van der Waals surface area contributed by atoms with Crippen molar-refractivity contribution in [1.29, 1.82) is 0 Å². The SMILES string of the molecule is C=C(C)C(=O)OCCc1ccc(O)c(-n2nc3ccccc3n2)c1.C=C(C)C(=O)OCc1ccc(O)c(-n2nc3ccccc3n2)c1. The highest BCUT2D eigenvalue weighted by Crippen LogP contribution is 2.25. The zero-order valence-corrected chi connectivity index (χ0v) is 25.8. The Balaban J connectivity index is 0.000000185. The summed E-state index contributed by atoms with van der Waals surface area (Å²) in [4.78, 5) is 25.6. The summed E-state index contributed by atoms with van der Waals surface area (Å²) in [6, 6.07) is 24.9. The van der Waals surface area contributed by atoms with E-state index in [1.54, 1.807) is 44.2 Å². The van der Waals surface area contributed by atoms with Crippen molar-refractivity contribution in [2.75, 3.05) is 6.61 Å². The van der Waals surface area contributed by atoms with Crippen LogP contribution in [0.25, 0.3) is 33.4 Å². The molecule has 0 saturated carbocycles. The topological polar surface area (TPSA) is 154 Å². The fourth-order valence-corrected chi connectivity index (χ4v) is 4.30. The molecular formula is C35H32N6O6. The maximum atomic E-state index is 11.5. The summed E-state index contributed by atoms with van der Waals surface area (Å²) in [5, 5.41) is 37.6.